The van der Waals surface area contributed by atoms with Gasteiger partial charge in [0.2, 0.25) is 0 Å². The maximum atomic E-state index is 12.1. The molecule has 2 aromatic heterocycles. The van der Waals surface area contributed by atoms with Crippen molar-refractivity contribution in [2.75, 3.05) is 43.2 Å². The molecule has 0 unspecified atom stereocenters. The Labute approximate surface area is 152 Å². The molecule has 2 aromatic rings. The summed E-state index contributed by atoms with van der Waals surface area (Å²) < 4.78 is 0. The molecule has 0 radical (unpaired) electrons. The Morgan fingerprint density at radius 1 is 1.27 bits per heavy atom. The third kappa shape index (κ3) is 3.99. The number of hydrazine groups is 1. The maximum absolute atomic E-state index is 12.1. The number of carbonyl (C=O) groups is 1. The summed E-state index contributed by atoms with van der Waals surface area (Å²) in [5.74, 6) is 0.739. The molecule has 0 aromatic carbocycles. The summed E-state index contributed by atoms with van der Waals surface area (Å²) in [6.07, 6.45) is 6.67. The van der Waals surface area contributed by atoms with Gasteiger partial charge < -0.3 is 15.5 Å². The first-order valence-electron chi connectivity index (χ1n) is 8.54. The number of nitrogens with one attached hydrogen (secondary N) is 2. The number of hydrogen-bond donors (Lipinski definition) is 3. The highest BCUT2D eigenvalue weighted by Crippen LogP contribution is 2.28. The van der Waals surface area contributed by atoms with Gasteiger partial charge in [0.1, 0.15) is 12.0 Å². The standard InChI is InChI=1S/C17H24N8O/c1-24-9-5-13(6-10-24)25(2)16-14(18)15(20-11-21-16)22-23-17(26)12-3-7-19-8-4-12/h3-4,7-8,11,13H,5-6,9-10,18H2,1-2H3,(H,23,26)(H,20,21,22). The van der Waals surface area contributed by atoms with E-state index in [1.54, 1.807) is 24.5 Å². The minimum Gasteiger partial charge on any atom is -0.393 e. The normalized spacial score (nSPS) is 15.5. The molecule has 4 N–H and O–H groups in total. The zero-order valence-electron chi connectivity index (χ0n) is 15.0. The number of anilines is 3. The fourth-order valence-electron chi connectivity index (χ4n) is 3.01. The number of nitrogens with two attached hydrogens (primary N) is 1. The number of rotatable bonds is 5. The van der Waals surface area contributed by atoms with Crippen LogP contribution in [-0.2, 0) is 0 Å². The van der Waals surface area contributed by atoms with E-state index in [0.717, 1.165) is 25.9 Å². The van der Waals surface area contributed by atoms with Crippen LogP contribution in [0.4, 0.5) is 17.3 Å². The zero-order valence-corrected chi connectivity index (χ0v) is 15.0. The molecule has 9 heteroatoms. The molecular formula is C17H24N8O. The van der Waals surface area contributed by atoms with Crippen LogP contribution in [0, 0.1) is 0 Å². The van der Waals surface area contributed by atoms with Crippen molar-refractivity contribution in [1.29, 1.82) is 0 Å². The average Bonchev–Trinajstić information content (AvgIpc) is 2.67. The van der Waals surface area contributed by atoms with Crippen molar-refractivity contribution in [3.05, 3.63) is 36.4 Å². The number of hydrogen-bond acceptors (Lipinski definition) is 8. The number of nitrogens with zero attached hydrogens (tertiary/aromatic N) is 5. The van der Waals surface area contributed by atoms with Crippen LogP contribution >= 0.6 is 0 Å². The Morgan fingerprint density at radius 3 is 2.65 bits per heavy atom. The Morgan fingerprint density at radius 2 is 1.96 bits per heavy atom. The second-order valence-electron chi connectivity index (χ2n) is 6.42. The number of nitrogen functional groups attached to an aromatic ring is 1. The topological polar surface area (TPSA) is 112 Å². The van der Waals surface area contributed by atoms with Gasteiger partial charge in [-0.25, -0.2) is 9.97 Å². The Hall–Kier alpha value is -2.94. The van der Waals surface area contributed by atoms with Crippen molar-refractivity contribution in [1.82, 2.24) is 25.3 Å². The van der Waals surface area contributed by atoms with Gasteiger partial charge in [0.05, 0.1) is 0 Å². The lowest BCUT2D eigenvalue weighted by molar-refractivity contribution is 0.0962. The van der Waals surface area contributed by atoms with E-state index in [1.807, 2.05) is 7.05 Å². The van der Waals surface area contributed by atoms with Gasteiger partial charge >= 0.3 is 0 Å². The maximum Gasteiger partial charge on any atom is 0.269 e. The van der Waals surface area contributed by atoms with Crippen LogP contribution in [0.25, 0.3) is 0 Å². The molecule has 0 saturated carbocycles. The van der Waals surface area contributed by atoms with E-state index in [9.17, 15) is 4.79 Å². The first-order valence-corrected chi connectivity index (χ1v) is 8.54. The summed E-state index contributed by atoms with van der Waals surface area (Å²) in [7, 11) is 4.12. The molecule has 0 spiro atoms. The highest BCUT2D eigenvalue weighted by atomic mass is 16.2. The van der Waals surface area contributed by atoms with E-state index in [0.29, 0.717) is 28.9 Å². The number of aromatic nitrogens is 3. The number of pyridine rings is 1. The quantitative estimate of drug-likeness (QED) is 0.673. The average molecular weight is 356 g/mol. The molecule has 3 heterocycles. The van der Waals surface area contributed by atoms with Crippen molar-refractivity contribution in [2.45, 2.75) is 18.9 Å². The zero-order chi connectivity index (χ0) is 18.5. The molecule has 0 aliphatic carbocycles. The molecule has 1 aliphatic heterocycles. The van der Waals surface area contributed by atoms with Crippen LogP contribution < -0.4 is 21.5 Å². The van der Waals surface area contributed by atoms with E-state index in [4.69, 9.17) is 5.73 Å². The lowest BCUT2D eigenvalue weighted by Crippen LogP contribution is -2.42. The van der Waals surface area contributed by atoms with Gasteiger partial charge in [-0.05, 0) is 45.1 Å². The SMILES string of the molecule is CN1CCC(N(C)c2ncnc(NNC(=O)c3ccncc3)c2N)CC1. The third-order valence-electron chi connectivity index (χ3n) is 4.67. The second kappa shape index (κ2) is 7.96. The van der Waals surface area contributed by atoms with E-state index in [2.05, 4.69) is 42.7 Å². The van der Waals surface area contributed by atoms with Crippen molar-refractivity contribution < 1.29 is 4.79 Å². The van der Waals surface area contributed by atoms with Crippen LogP contribution in [0.5, 0.6) is 0 Å². The smallest absolute Gasteiger partial charge is 0.269 e. The highest BCUT2D eigenvalue weighted by Gasteiger charge is 2.24. The lowest BCUT2D eigenvalue weighted by atomic mass is 10.0. The van der Waals surface area contributed by atoms with Gasteiger partial charge in [0.15, 0.2) is 11.6 Å². The number of amides is 1. The molecule has 1 amide bonds. The second-order valence-corrected chi connectivity index (χ2v) is 6.42. The summed E-state index contributed by atoms with van der Waals surface area (Å²) in [5, 5.41) is 0. The van der Waals surface area contributed by atoms with E-state index < -0.39 is 0 Å². The Kier molecular flexibility index (Phi) is 5.47. The van der Waals surface area contributed by atoms with E-state index in [1.165, 1.54) is 6.33 Å². The van der Waals surface area contributed by atoms with Gasteiger partial charge in [0, 0.05) is 31.0 Å². The predicted molar refractivity (Wildman–Crippen MR) is 101 cm³/mol. The largest absolute Gasteiger partial charge is 0.393 e. The highest BCUT2D eigenvalue weighted by molar-refractivity contribution is 5.95. The van der Waals surface area contributed by atoms with Gasteiger partial charge in [-0.2, -0.15) is 0 Å². The molecule has 3 rings (SSSR count). The molecule has 1 saturated heterocycles. The Balaban J connectivity index is 1.68. The summed E-state index contributed by atoms with van der Waals surface area (Å²) in [6, 6.07) is 3.63. The molecule has 0 atom stereocenters. The Bertz CT molecular complexity index is 746. The van der Waals surface area contributed by atoms with Crippen LogP contribution in [-0.4, -0.2) is 59.0 Å². The van der Waals surface area contributed by atoms with Crippen LogP contribution in [0.2, 0.25) is 0 Å². The van der Waals surface area contributed by atoms with E-state index in [-0.39, 0.29) is 5.91 Å². The first-order chi connectivity index (χ1) is 12.6. The first kappa shape index (κ1) is 17.9. The number of carbonyl (C=O) groups excluding carboxylic acids is 1. The van der Waals surface area contributed by atoms with E-state index >= 15 is 0 Å². The lowest BCUT2D eigenvalue weighted by Gasteiger charge is -2.36. The predicted octanol–water partition coefficient (Wildman–Crippen LogP) is 0.741. The number of likely N-dealkylation sites (tertiary alicyclic amines) is 1. The van der Waals surface area contributed by atoms with Gasteiger partial charge in [0.25, 0.3) is 5.91 Å². The fraction of sp³-hybridized carbons (Fsp3) is 0.412. The minimum absolute atomic E-state index is 0.296. The van der Waals surface area contributed by atoms with Crippen molar-refractivity contribution in [3.8, 4) is 0 Å². The molecule has 1 aliphatic rings. The summed E-state index contributed by atoms with van der Waals surface area (Å²) >= 11 is 0. The molecule has 26 heavy (non-hydrogen) atoms. The van der Waals surface area contributed by atoms with Gasteiger partial charge in [-0.1, -0.05) is 0 Å². The van der Waals surface area contributed by atoms with Crippen LogP contribution in [0.1, 0.15) is 23.2 Å². The van der Waals surface area contributed by atoms with Gasteiger partial charge in [-0.15, -0.1) is 0 Å². The van der Waals surface area contributed by atoms with Gasteiger partial charge in [-0.3, -0.25) is 20.6 Å². The summed E-state index contributed by atoms with van der Waals surface area (Å²) in [4.78, 5) is 28.9. The monoisotopic (exact) mass is 356 g/mol. The molecule has 0 bridgehead atoms. The summed E-state index contributed by atoms with van der Waals surface area (Å²) in [6.45, 7) is 2.10. The molecule has 1 fully saturated rings. The van der Waals surface area contributed by atoms with Crippen molar-refractivity contribution in [3.63, 3.8) is 0 Å². The number of piperidine rings is 1. The fourth-order valence-corrected chi connectivity index (χ4v) is 3.01. The van der Waals surface area contributed by atoms with Crippen molar-refractivity contribution in [2.24, 2.45) is 0 Å². The van der Waals surface area contributed by atoms with Crippen LogP contribution in [0.15, 0.2) is 30.9 Å². The summed E-state index contributed by atoms with van der Waals surface area (Å²) in [5.41, 5.74) is 12.5. The van der Waals surface area contributed by atoms with Crippen LogP contribution in [0.3, 0.4) is 0 Å². The molecule has 138 valence electrons. The third-order valence-corrected chi connectivity index (χ3v) is 4.67. The molecule has 9 nitrogen and oxygen atoms in total. The van der Waals surface area contributed by atoms with Crippen molar-refractivity contribution >= 4 is 23.2 Å². The minimum atomic E-state index is -0.296. The molecular weight excluding hydrogens is 332 g/mol.